The number of ether oxygens (including phenoxy) is 2. The fourth-order valence-corrected chi connectivity index (χ4v) is 1.94. The van der Waals surface area contributed by atoms with Crippen molar-refractivity contribution in [2.24, 2.45) is 0 Å². The number of aryl methyl sites for hydroxylation is 1. The van der Waals surface area contributed by atoms with E-state index in [0.29, 0.717) is 6.61 Å². The summed E-state index contributed by atoms with van der Waals surface area (Å²) in [6.45, 7) is 2.68. The lowest BCUT2D eigenvalue weighted by molar-refractivity contribution is -0.111. The first-order valence-electron chi connectivity index (χ1n) is 5.76. The van der Waals surface area contributed by atoms with Crippen molar-refractivity contribution < 1.29 is 9.47 Å². The first-order valence-corrected chi connectivity index (χ1v) is 5.76. The predicted molar refractivity (Wildman–Crippen MR) is 65.8 cm³/mol. The summed E-state index contributed by atoms with van der Waals surface area (Å²) in [5.41, 5.74) is 3.41. The van der Waals surface area contributed by atoms with Gasteiger partial charge in [-0.2, -0.15) is 0 Å². The van der Waals surface area contributed by atoms with E-state index in [1.807, 2.05) is 36.4 Å². The van der Waals surface area contributed by atoms with Gasteiger partial charge in [0.15, 0.2) is 0 Å². The minimum absolute atomic E-state index is 0.287. The van der Waals surface area contributed by atoms with Crippen LogP contribution in [-0.2, 0) is 11.3 Å². The summed E-state index contributed by atoms with van der Waals surface area (Å²) in [5.74, 6) is 0.921. The minimum Gasteiger partial charge on any atom is -0.460 e. The summed E-state index contributed by atoms with van der Waals surface area (Å²) in [6, 6.07) is 16.2. The molecule has 2 aromatic rings. The Kier molecular flexibility index (Phi) is 2.57. The smallest absolute Gasteiger partial charge is 0.227 e. The molecule has 2 heteroatoms. The molecule has 0 spiro atoms. The van der Waals surface area contributed by atoms with E-state index in [1.165, 1.54) is 5.56 Å². The van der Waals surface area contributed by atoms with E-state index < -0.39 is 0 Å². The molecule has 0 aromatic heterocycles. The van der Waals surface area contributed by atoms with Crippen LogP contribution in [0.2, 0.25) is 0 Å². The van der Waals surface area contributed by atoms with Crippen LogP contribution in [0, 0.1) is 6.92 Å². The second-order valence-electron chi connectivity index (χ2n) is 4.28. The molecule has 1 atom stereocenters. The molecule has 86 valence electrons. The zero-order valence-corrected chi connectivity index (χ0v) is 9.72. The zero-order chi connectivity index (χ0) is 11.7. The highest BCUT2D eigenvalue weighted by Crippen LogP contribution is 2.32. The van der Waals surface area contributed by atoms with Gasteiger partial charge in [-0.3, -0.25) is 0 Å². The SMILES string of the molecule is Cc1ccc(C2OCc3ccccc3O2)cc1. The van der Waals surface area contributed by atoms with E-state index in [9.17, 15) is 0 Å². The molecule has 17 heavy (non-hydrogen) atoms. The highest BCUT2D eigenvalue weighted by atomic mass is 16.7. The van der Waals surface area contributed by atoms with E-state index in [-0.39, 0.29) is 6.29 Å². The normalized spacial score (nSPS) is 18.3. The van der Waals surface area contributed by atoms with Gasteiger partial charge < -0.3 is 9.47 Å². The van der Waals surface area contributed by atoms with Gasteiger partial charge in [-0.05, 0) is 13.0 Å². The predicted octanol–water partition coefficient (Wildman–Crippen LogP) is 3.60. The van der Waals surface area contributed by atoms with Gasteiger partial charge in [0.1, 0.15) is 5.75 Å². The molecule has 0 saturated heterocycles. The second-order valence-corrected chi connectivity index (χ2v) is 4.28. The lowest BCUT2D eigenvalue weighted by Crippen LogP contribution is -2.17. The van der Waals surface area contributed by atoms with Crippen LogP contribution >= 0.6 is 0 Å². The molecule has 0 saturated carbocycles. The van der Waals surface area contributed by atoms with Gasteiger partial charge in [0, 0.05) is 11.1 Å². The van der Waals surface area contributed by atoms with Crippen molar-refractivity contribution in [3.05, 3.63) is 65.2 Å². The molecular formula is C15H14O2. The van der Waals surface area contributed by atoms with Crippen molar-refractivity contribution in [1.82, 2.24) is 0 Å². The Morgan fingerprint density at radius 1 is 1.00 bits per heavy atom. The molecule has 0 bridgehead atoms. The summed E-state index contributed by atoms with van der Waals surface area (Å²) in [4.78, 5) is 0. The van der Waals surface area contributed by atoms with E-state index >= 15 is 0 Å². The highest BCUT2D eigenvalue weighted by Gasteiger charge is 2.20. The van der Waals surface area contributed by atoms with E-state index in [1.54, 1.807) is 0 Å². The third-order valence-corrected chi connectivity index (χ3v) is 2.95. The number of hydrogen-bond acceptors (Lipinski definition) is 2. The van der Waals surface area contributed by atoms with Crippen molar-refractivity contribution in [2.45, 2.75) is 19.8 Å². The molecule has 2 nitrogen and oxygen atoms in total. The molecule has 0 fully saturated rings. The van der Waals surface area contributed by atoms with Gasteiger partial charge in [0.2, 0.25) is 6.29 Å². The van der Waals surface area contributed by atoms with Gasteiger partial charge in [-0.1, -0.05) is 48.0 Å². The Bertz CT molecular complexity index is 517. The molecule has 1 unspecified atom stereocenters. The largest absolute Gasteiger partial charge is 0.460 e. The van der Waals surface area contributed by atoms with Gasteiger partial charge in [0.05, 0.1) is 6.61 Å². The maximum atomic E-state index is 5.84. The summed E-state index contributed by atoms with van der Waals surface area (Å²) in [5, 5.41) is 0. The molecule has 0 amide bonds. The Morgan fingerprint density at radius 3 is 2.59 bits per heavy atom. The van der Waals surface area contributed by atoms with Crippen molar-refractivity contribution >= 4 is 0 Å². The van der Waals surface area contributed by atoms with Crippen molar-refractivity contribution in [3.63, 3.8) is 0 Å². The summed E-state index contributed by atoms with van der Waals surface area (Å²) in [6.07, 6.45) is -0.287. The topological polar surface area (TPSA) is 18.5 Å². The van der Waals surface area contributed by atoms with Crippen LogP contribution in [-0.4, -0.2) is 0 Å². The van der Waals surface area contributed by atoms with Crippen LogP contribution in [0.5, 0.6) is 5.75 Å². The van der Waals surface area contributed by atoms with E-state index in [4.69, 9.17) is 9.47 Å². The second kappa shape index (κ2) is 4.22. The van der Waals surface area contributed by atoms with Gasteiger partial charge in [0.25, 0.3) is 0 Å². The number of hydrogen-bond donors (Lipinski definition) is 0. The number of fused-ring (bicyclic) bond motifs is 1. The lowest BCUT2D eigenvalue weighted by atomic mass is 10.1. The van der Waals surface area contributed by atoms with Crippen LogP contribution in [0.1, 0.15) is 23.0 Å². The van der Waals surface area contributed by atoms with E-state index in [0.717, 1.165) is 16.9 Å². The Balaban J connectivity index is 1.86. The van der Waals surface area contributed by atoms with Crippen LogP contribution in [0.4, 0.5) is 0 Å². The first kappa shape index (κ1) is 10.4. The third kappa shape index (κ3) is 2.04. The summed E-state index contributed by atoms with van der Waals surface area (Å²) < 4.78 is 11.5. The Hall–Kier alpha value is -1.80. The first-order chi connectivity index (χ1) is 8.33. The average Bonchev–Trinajstić information content (AvgIpc) is 2.39. The molecule has 3 rings (SSSR count). The van der Waals surface area contributed by atoms with Crippen molar-refractivity contribution in [1.29, 1.82) is 0 Å². The monoisotopic (exact) mass is 226 g/mol. The van der Waals surface area contributed by atoms with Crippen LogP contribution in [0.15, 0.2) is 48.5 Å². The minimum atomic E-state index is -0.287. The molecule has 1 aliphatic rings. The standard InChI is InChI=1S/C15H14O2/c1-11-6-8-12(9-7-11)15-16-10-13-4-2-3-5-14(13)17-15/h2-9,15H,10H2,1H3. The highest BCUT2D eigenvalue weighted by molar-refractivity contribution is 5.35. The Morgan fingerprint density at radius 2 is 1.76 bits per heavy atom. The van der Waals surface area contributed by atoms with Crippen LogP contribution in [0.25, 0.3) is 0 Å². The molecular weight excluding hydrogens is 212 g/mol. The van der Waals surface area contributed by atoms with E-state index in [2.05, 4.69) is 19.1 Å². The molecule has 1 aliphatic heterocycles. The summed E-state index contributed by atoms with van der Waals surface area (Å²) in [7, 11) is 0. The molecule has 0 aliphatic carbocycles. The van der Waals surface area contributed by atoms with Crippen molar-refractivity contribution in [2.75, 3.05) is 0 Å². The fraction of sp³-hybridized carbons (Fsp3) is 0.200. The van der Waals surface area contributed by atoms with Gasteiger partial charge in [-0.15, -0.1) is 0 Å². The van der Waals surface area contributed by atoms with Gasteiger partial charge >= 0.3 is 0 Å². The van der Waals surface area contributed by atoms with Gasteiger partial charge in [-0.25, -0.2) is 0 Å². The molecule has 1 heterocycles. The maximum Gasteiger partial charge on any atom is 0.227 e. The van der Waals surface area contributed by atoms with Crippen LogP contribution < -0.4 is 4.74 Å². The fourth-order valence-electron chi connectivity index (χ4n) is 1.94. The number of rotatable bonds is 1. The number of para-hydroxylation sites is 1. The molecule has 0 N–H and O–H groups in total. The van der Waals surface area contributed by atoms with Crippen molar-refractivity contribution in [3.8, 4) is 5.75 Å². The lowest BCUT2D eigenvalue weighted by Gasteiger charge is -2.26. The Labute approximate surface area is 101 Å². The zero-order valence-electron chi connectivity index (χ0n) is 9.72. The third-order valence-electron chi connectivity index (χ3n) is 2.95. The quantitative estimate of drug-likeness (QED) is 0.739. The van der Waals surface area contributed by atoms with Crippen LogP contribution in [0.3, 0.4) is 0 Å². The number of benzene rings is 2. The molecule has 2 aromatic carbocycles. The molecule has 0 radical (unpaired) electrons. The average molecular weight is 226 g/mol. The summed E-state index contributed by atoms with van der Waals surface area (Å²) >= 11 is 0. The maximum absolute atomic E-state index is 5.84.